The van der Waals surface area contributed by atoms with Gasteiger partial charge in [0.2, 0.25) is 0 Å². The molecule has 0 aliphatic carbocycles. The van der Waals surface area contributed by atoms with Crippen molar-refractivity contribution in [2.24, 2.45) is 0 Å². The summed E-state index contributed by atoms with van der Waals surface area (Å²) in [7, 11) is 0. The third-order valence-corrected chi connectivity index (χ3v) is 3.08. The van der Waals surface area contributed by atoms with Crippen molar-refractivity contribution in [1.82, 2.24) is 5.32 Å². The van der Waals surface area contributed by atoms with Gasteiger partial charge in [-0.2, -0.15) is 0 Å². The maximum atomic E-state index is 10.8. The first kappa shape index (κ1) is 14.9. The van der Waals surface area contributed by atoms with Gasteiger partial charge in [-0.1, -0.05) is 24.6 Å². The Bertz CT molecular complexity index is 458. The number of hydrogen-bond donors (Lipinski definition) is 1. The van der Waals surface area contributed by atoms with Crippen molar-refractivity contribution in [1.29, 1.82) is 0 Å². The van der Waals surface area contributed by atoms with Crippen LogP contribution < -0.4 is 5.32 Å². The standard InChI is InChI=1S/C13H17BrN2O2/c1-3-6-15-9-10(2)7-11-4-5-12(14)13(8-11)16(17)18/h4-5,7-8,15H,3,6,9H2,1-2H3. The zero-order valence-corrected chi connectivity index (χ0v) is 12.2. The molecule has 0 aliphatic rings. The van der Waals surface area contributed by atoms with Gasteiger partial charge in [-0.3, -0.25) is 10.1 Å². The average molecular weight is 313 g/mol. The monoisotopic (exact) mass is 312 g/mol. The second kappa shape index (κ2) is 7.28. The predicted molar refractivity (Wildman–Crippen MR) is 77.6 cm³/mol. The van der Waals surface area contributed by atoms with Gasteiger partial charge in [-0.25, -0.2) is 0 Å². The number of benzene rings is 1. The van der Waals surface area contributed by atoms with E-state index in [9.17, 15) is 10.1 Å². The molecule has 0 bridgehead atoms. The Morgan fingerprint density at radius 3 is 2.89 bits per heavy atom. The fraction of sp³-hybridized carbons (Fsp3) is 0.385. The van der Waals surface area contributed by atoms with E-state index in [4.69, 9.17) is 0 Å². The van der Waals surface area contributed by atoms with E-state index in [2.05, 4.69) is 28.2 Å². The second-order valence-electron chi connectivity index (χ2n) is 4.14. The van der Waals surface area contributed by atoms with E-state index in [0.717, 1.165) is 30.6 Å². The van der Waals surface area contributed by atoms with Crippen LogP contribution in [0.2, 0.25) is 0 Å². The maximum Gasteiger partial charge on any atom is 0.284 e. The van der Waals surface area contributed by atoms with Crippen LogP contribution >= 0.6 is 15.9 Å². The first-order valence-electron chi connectivity index (χ1n) is 5.86. The number of nitrogens with zero attached hydrogens (tertiary/aromatic N) is 1. The Hall–Kier alpha value is -1.20. The minimum atomic E-state index is -0.383. The molecule has 4 nitrogen and oxygen atoms in total. The molecule has 0 radical (unpaired) electrons. The molecule has 0 aliphatic heterocycles. The zero-order valence-electron chi connectivity index (χ0n) is 10.6. The van der Waals surface area contributed by atoms with Crippen molar-refractivity contribution in [3.8, 4) is 0 Å². The highest BCUT2D eigenvalue weighted by Gasteiger charge is 2.11. The highest BCUT2D eigenvalue weighted by molar-refractivity contribution is 9.10. The highest BCUT2D eigenvalue weighted by atomic mass is 79.9. The summed E-state index contributed by atoms with van der Waals surface area (Å²) >= 11 is 3.17. The van der Waals surface area contributed by atoms with Crippen LogP contribution in [-0.2, 0) is 0 Å². The average Bonchev–Trinajstić information content (AvgIpc) is 2.31. The molecule has 1 aromatic carbocycles. The van der Waals surface area contributed by atoms with Crippen LogP contribution in [0.4, 0.5) is 5.69 Å². The lowest BCUT2D eigenvalue weighted by atomic mass is 10.1. The number of rotatable bonds is 6. The smallest absolute Gasteiger partial charge is 0.284 e. The van der Waals surface area contributed by atoms with E-state index in [1.807, 2.05) is 19.1 Å². The van der Waals surface area contributed by atoms with Crippen molar-refractivity contribution in [3.05, 3.63) is 43.9 Å². The Kier molecular flexibility index (Phi) is 6.01. The molecule has 0 saturated heterocycles. The van der Waals surface area contributed by atoms with Crippen molar-refractivity contribution >= 4 is 27.7 Å². The fourth-order valence-electron chi connectivity index (χ4n) is 1.56. The van der Waals surface area contributed by atoms with Crippen LogP contribution in [0.25, 0.3) is 6.08 Å². The molecule has 5 heteroatoms. The van der Waals surface area contributed by atoms with Gasteiger partial charge in [0.1, 0.15) is 0 Å². The summed E-state index contributed by atoms with van der Waals surface area (Å²) in [6.07, 6.45) is 3.05. The molecule has 1 N–H and O–H groups in total. The van der Waals surface area contributed by atoms with Crippen LogP contribution in [0.5, 0.6) is 0 Å². The lowest BCUT2D eigenvalue weighted by Crippen LogP contribution is -2.16. The van der Waals surface area contributed by atoms with Gasteiger partial charge in [-0.15, -0.1) is 0 Å². The molecule has 0 spiro atoms. The normalized spacial score (nSPS) is 11.6. The van der Waals surface area contributed by atoms with Crippen molar-refractivity contribution in [2.45, 2.75) is 20.3 Å². The SMILES string of the molecule is CCCNCC(C)=Cc1ccc(Br)c([N+](=O)[O-])c1. The van der Waals surface area contributed by atoms with Gasteiger partial charge < -0.3 is 5.32 Å². The first-order valence-corrected chi connectivity index (χ1v) is 6.65. The van der Waals surface area contributed by atoms with Gasteiger partial charge in [0.15, 0.2) is 0 Å². The first-order chi connectivity index (χ1) is 8.54. The van der Waals surface area contributed by atoms with Crippen molar-refractivity contribution < 1.29 is 4.92 Å². The van der Waals surface area contributed by atoms with Crippen molar-refractivity contribution in [3.63, 3.8) is 0 Å². The summed E-state index contributed by atoms with van der Waals surface area (Å²) < 4.78 is 0.506. The Morgan fingerprint density at radius 2 is 2.28 bits per heavy atom. The zero-order chi connectivity index (χ0) is 13.5. The van der Waals surface area contributed by atoms with E-state index in [0.29, 0.717) is 4.47 Å². The lowest BCUT2D eigenvalue weighted by Gasteiger charge is -2.04. The molecule has 1 rings (SSSR count). The number of hydrogen-bond acceptors (Lipinski definition) is 3. The second-order valence-corrected chi connectivity index (χ2v) is 4.99. The highest BCUT2D eigenvalue weighted by Crippen LogP contribution is 2.26. The van der Waals surface area contributed by atoms with E-state index >= 15 is 0 Å². The van der Waals surface area contributed by atoms with Crippen LogP contribution in [0.15, 0.2) is 28.2 Å². The summed E-state index contributed by atoms with van der Waals surface area (Å²) in [6.45, 7) is 5.91. The summed E-state index contributed by atoms with van der Waals surface area (Å²) in [6, 6.07) is 5.14. The molecule has 0 amide bonds. The summed E-state index contributed by atoms with van der Waals surface area (Å²) in [5.74, 6) is 0. The summed E-state index contributed by atoms with van der Waals surface area (Å²) in [5, 5.41) is 14.1. The number of nitrogens with one attached hydrogen (secondary N) is 1. The number of nitro benzene ring substituents is 1. The largest absolute Gasteiger partial charge is 0.313 e. The molecule has 1 aromatic rings. The molecule has 0 aromatic heterocycles. The van der Waals surface area contributed by atoms with E-state index in [1.165, 1.54) is 0 Å². The minimum absolute atomic E-state index is 0.0954. The Labute approximate surface area is 115 Å². The van der Waals surface area contributed by atoms with E-state index in [-0.39, 0.29) is 10.6 Å². The van der Waals surface area contributed by atoms with Crippen LogP contribution in [0.1, 0.15) is 25.8 Å². The minimum Gasteiger partial charge on any atom is -0.313 e. The topological polar surface area (TPSA) is 55.2 Å². The molecule has 0 fully saturated rings. The predicted octanol–water partition coefficient (Wildman–Crippen LogP) is 3.76. The molecular weight excluding hydrogens is 296 g/mol. The Morgan fingerprint density at radius 1 is 1.56 bits per heavy atom. The van der Waals surface area contributed by atoms with Gasteiger partial charge in [0, 0.05) is 12.6 Å². The van der Waals surface area contributed by atoms with Gasteiger partial charge in [-0.05, 0) is 47.4 Å². The van der Waals surface area contributed by atoms with E-state index < -0.39 is 0 Å². The summed E-state index contributed by atoms with van der Waals surface area (Å²) in [4.78, 5) is 10.4. The molecule has 0 saturated carbocycles. The number of halogens is 1. The van der Waals surface area contributed by atoms with E-state index in [1.54, 1.807) is 12.1 Å². The molecule has 18 heavy (non-hydrogen) atoms. The Balaban J connectivity index is 2.81. The quantitative estimate of drug-likeness (QED) is 0.494. The maximum absolute atomic E-state index is 10.8. The summed E-state index contributed by atoms with van der Waals surface area (Å²) in [5.41, 5.74) is 2.10. The fourth-order valence-corrected chi connectivity index (χ4v) is 1.95. The van der Waals surface area contributed by atoms with Gasteiger partial charge in [0.25, 0.3) is 5.69 Å². The molecular formula is C13H17BrN2O2. The lowest BCUT2D eigenvalue weighted by molar-refractivity contribution is -0.385. The third-order valence-electron chi connectivity index (χ3n) is 2.41. The molecule has 0 atom stereocenters. The van der Waals surface area contributed by atoms with Gasteiger partial charge >= 0.3 is 0 Å². The molecule has 98 valence electrons. The molecule has 0 heterocycles. The van der Waals surface area contributed by atoms with Gasteiger partial charge in [0.05, 0.1) is 9.40 Å². The third kappa shape index (κ3) is 4.58. The van der Waals surface area contributed by atoms with Crippen LogP contribution in [0.3, 0.4) is 0 Å². The number of nitro groups is 1. The van der Waals surface area contributed by atoms with Crippen LogP contribution in [0, 0.1) is 10.1 Å². The van der Waals surface area contributed by atoms with Crippen LogP contribution in [-0.4, -0.2) is 18.0 Å². The van der Waals surface area contributed by atoms with Crippen molar-refractivity contribution in [2.75, 3.05) is 13.1 Å². The molecule has 0 unspecified atom stereocenters.